The molecule has 144 valence electrons. The summed E-state index contributed by atoms with van der Waals surface area (Å²) in [5.41, 5.74) is 1.59. The molecule has 1 N–H and O–H groups in total. The number of carbonyl (C=O) groups is 3. The number of ketones is 1. The molecule has 0 aliphatic carbocycles. The lowest BCUT2D eigenvalue weighted by Crippen LogP contribution is -2.29. The molecule has 1 aromatic heterocycles. The van der Waals surface area contributed by atoms with Gasteiger partial charge < -0.3 is 14.5 Å². The molecule has 1 aromatic carbocycles. The summed E-state index contributed by atoms with van der Waals surface area (Å²) in [7, 11) is 1.28. The number of H-pyrrole nitrogens is 1. The molecule has 2 aromatic rings. The van der Waals surface area contributed by atoms with Crippen LogP contribution < -0.4 is 0 Å². The maximum atomic E-state index is 12.7. The predicted octanol–water partition coefficient (Wildman–Crippen LogP) is 3.71. The Morgan fingerprint density at radius 1 is 1.07 bits per heavy atom. The van der Waals surface area contributed by atoms with Gasteiger partial charge in [0, 0.05) is 10.6 Å². The second kappa shape index (κ2) is 8.90. The van der Waals surface area contributed by atoms with Gasteiger partial charge >= 0.3 is 11.9 Å². The Morgan fingerprint density at radius 3 is 2.30 bits per heavy atom. The lowest BCUT2D eigenvalue weighted by Gasteiger charge is -2.16. The molecule has 0 saturated carbocycles. The molecular formula is C20H23NO5S. The predicted molar refractivity (Wildman–Crippen MR) is 103 cm³/mol. The average Bonchev–Trinajstić information content (AvgIpc) is 2.95. The second-order valence-electron chi connectivity index (χ2n) is 6.13. The molecule has 0 aliphatic rings. The summed E-state index contributed by atoms with van der Waals surface area (Å²) in [5, 5.41) is -0.459. The first kappa shape index (κ1) is 20.8. The molecule has 0 fully saturated rings. The molecule has 2 atom stereocenters. The summed E-state index contributed by atoms with van der Waals surface area (Å²) in [6, 6.07) is 9.49. The highest BCUT2D eigenvalue weighted by Gasteiger charge is 2.28. The Bertz CT molecular complexity index is 844. The summed E-state index contributed by atoms with van der Waals surface area (Å²) in [6.45, 7) is 6.60. The van der Waals surface area contributed by atoms with Crippen LogP contribution in [0.25, 0.3) is 0 Å². The number of aryl methyl sites for hydroxylation is 1. The highest BCUT2D eigenvalue weighted by Crippen LogP contribution is 2.25. The van der Waals surface area contributed by atoms with Gasteiger partial charge in [0.2, 0.25) is 5.78 Å². The molecule has 27 heavy (non-hydrogen) atoms. The summed E-state index contributed by atoms with van der Waals surface area (Å²) >= 11 is 1.36. The Morgan fingerprint density at radius 2 is 1.70 bits per heavy atom. The lowest BCUT2D eigenvalue weighted by molar-refractivity contribution is -0.145. The van der Waals surface area contributed by atoms with Gasteiger partial charge in [0.05, 0.1) is 18.4 Å². The normalized spacial score (nSPS) is 12.9. The van der Waals surface area contributed by atoms with Crippen molar-refractivity contribution in [2.24, 2.45) is 0 Å². The van der Waals surface area contributed by atoms with Gasteiger partial charge in [-0.25, -0.2) is 4.79 Å². The molecule has 0 amide bonds. The minimum atomic E-state index is -0.974. The number of hydrogen-bond donors (Lipinski definition) is 1. The van der Waals surface area contributed by atoms with Crippen LogP contribution in [0.3, 0.4) is 0 Å². The van der Waals surface area contributed by atoms with E-state index in [2.05, 4.69) is 4.98 Å². The van der Waals surface area contributed by atoms with Gasteiger partial charge in [-0.05, 0) is 45.4 Å². The molecule has 1 heterocycles. The fourth-order valence-corrected chi connectivity index (χ4v) is 3.56. The average molecular weight is 389 g/mol. The highest BCUT2D eigenvalue weighted by molar-refractivity contribution is 8.00. The van der Waals surface area contributed by atoms with Crippen molar-refractivity contribution in [2.75, 3.05) is 7.11 Å². The Balaban J connectivity index is 2.07. The van der Waals surface area contributed by atoms with E-state index in [0.29, 0.717) is 16.8 Å². The van der Waals surface area contributed by atoms with E-state index in [-0.39, 0.29) is 5.69 Å². The minimum absolute atomic E-state index is 0.247. The second-order valence-corrected chi connectivity index (χ2v) is 7.55. The van der Waals surface area contributed by atoms with Crippen molar-refractivity contribution in [3.63, 3.8) is 0 Å². The molecule has 0 unspecified atom stereocenters. The topological polar surface area (TPSA) is 85.5 Å². The number of benzene rings is 1. The molecular weight excluding hydrogens is 366 g/mol. The number of aromatic amines is 1. The molecule has 0 spiro atoms. The minimum Gasteiger partial charge on any atom is -0.465 e. The molecule has 6 nitrogen and oxygen atoms in total. The Kier molecular flexibility index (Phi) is 6.85. The van der Waals surface area contributed by atoms with Gasteiger partial charge in [-0.1, -0.05) is 18.2 Å². The van der Waals surface area contributed by atoms with E-state index in [1.807, 2.05) is 30.3 Å². The van der Waals surface area contributed by atoms with Crippen LogP contribution in [0, 0.1) is 13.8 Å². The summed E-state index contributed by atoms with van der Waals surface area (Å²) in [5.74, 6) is -1.38. The van der Waals surface area contributed by atoms with Crippen molar-refractivity contribution in [1.82, 2.24) is 4.98 Å². The van der Waals surface area contributed by atoms with Crippen LogP contribution >= 0.6 is 11.8 Å². The van der Waals surface area contributed by atoms with Crippen LogP contribution in [0.15, 0.2) is 35.2 Å². The van der Waals surface area contributed by atoms with Gasteiger partial charge in [-0.2, -0.15) is 0 Å². The fourth-order valence-electron chi connectivity index (χ4n) is 2.68. The first-order valence-corrected chi connectivity index (χ1v) is 9.38. The van der Waals surface area contributed by atoms with E-state index >= 15 is 0 Å². The molecule has 0 radical (unpaired) electrons. The van der Waals surface area contributed by atoms with Crippen molar-refractivity contribution in [1.29, 1.82) is 0 Å². The van der Waals surface area contributed by atoms with Crippen molar-refractivity contribution in [3.05, 3.63) is 52.8 Å². The molecule has 2 rings (SSSR count). The number of esters is 2. The maximum Gasteiger partial charge on any atom is 0.339 e. The van der Waals surface area contributed by atoms with Crippen molar-refractivity contribution in [3.8, 4) is 0 Å². The van der Waals surface area contributed by atoms with E-state index < -0.39 is 29.1 Å². The third kappa shape index (κ3) is 4.80. The summed E-state index contributed by atoms with van der Waals surface area (Å²) in [4.78, 5) is 40.7. The Labute approximate surface area is 162 Å². The van der Waals surface area contributed by atoms with Gasteiger partial charge in [-0.15, -0.1) is 11.8 Å². The van der Waals surface area contributed by atoms with Crippen LogP contribution in [0.5, 0.6) is 0 Å². The lowest BCUT2D eigenvalue weighted by atomic mass is 10.1. The van der Waals surface area contributed by atoms with Crippen LogP contribution in [-0.4, -0.2) is 41.2 Å². The molecule has 0 saturated heterocycles. The third-order valence-electron chi connectivity index (χ3n) is 4.12. The number of hydrogen-bond acceptors (Lipinski definition) is 6. The van der Waals surface area contributed by atoms with Crippen LogP contribution in [0.4, 0.5) is 0 Å². The zero-order valence-corrected chi connectivity index (χ0v) is 16.8. The first-order valence-electron chi connectivity index (χ1n) is 8.50. The number of carbonyl (C=O) groups excluding carboxylic acids is 3. The number of thioether (sulfide) groups is 1. The van der Waals surface area contributed by atoms with Crippen LogP contribution in [0.2, 0.25) is 0 Å². The number of nitrogens with one attached hydrogen (secondary N) is 1. The van der Waals surface area contributed by atoms with E-state index in [9.17, 15) is 14.4 Å². The third-order valence-corrected chi connectivity index (χ3v) is 5.21. The number of Topliss-reactive ketones (excluding diaryl/α,β-unsaturated/α-hetero) is 1. The van der Waals surface area contributed by atoms with E-state index in [0.717, 1.165) is 4.90 Å². The molecule has 0 bridgehead atoms. The fraction of sp³-hybridized carbons (Fsp3) is 0.350. The quantitative estimate of drug-likeness (QED) is 0.441. The van der Waals surface area contributed by atoms with Gasteiger partial charge in [0.25, 0.3) is 0 Å². The van der Waals surface area contributed by atoms with E-state index in [4.69, 9.17) is 9.47 Å². The maximum absolute atomic E-state index is 12.7. The summed E-state index contributed by atoms with van der Waals surface area (Å²) in [6.07, 6.45) is -0.974. The standard InChI is InChI=1S/C20H23NO5S/c1-11-16(20(24)25-5)12(2)21-17(11)18(22)13(3)26-19(23)14(4)27-15-9-7-6-8-10-15/h6-10,13-14,21H,1-5H3/t13-,14-/m1/s1. The smallest absolute Gasteiger partial charge is 0.339 e. The van der Waals surface area contributed by atoms with Crippen molar-refractivity contribution < 1.29 is 23.9 Å². The summed E-state index contributed by atoms with van der Waals surface area (Å²) < 4.78 is 10.1. The number of aromatic nitrogens is 1. The number of ether oxygens (including phenoxy) is 2. The first-order chi connectivity index (χ1) is 12.8. The van der Waals surface area contributed by atoms with Gasteiger partial charge in [-0.3, -0.25) is 9.59 Å². The Hall–Kier alpha value is -2.54. The number of rotatable bonds is 7. The molecule has 0 aliphatic heterocycles. The zero-order chi connectivity index (χ0) is 20.1. The van der Waals surface area contributed by atoms with Crippen LogP contribution in [-0.2, 0) is 14.3 Å². The van der Waals surface area contributed by atoms with Crippen molar-refractivity contribution >= 4 is 29.5 Å². The van der Waals surface area contributed by atoms with E-state index in [1.54, 1.807) is 20.8 Å². The largest absolute Gasteiger partial charge is 0.465 e. The van der Waals surface area contributed by atoms with Crippen molar-refractivity contribution in [2.45, 2.75) is 43.9 Å². The highest BCUT2D eigenvalue weighted by atomic mass is 32.2. The van der Waals surface area contributed by atoms with Gasteiger partial charge in [0.15, 0.2) is 6.10 Å². The monoisotopic (exact) mass is 389 g/mol. The zero-order valence-electron chi connectivity index (χ0n) is 16.0. The SMILES string of the molecule is COC(=O)c1c(C)[nH]c(C(=O)[C@@H](C)OC(=O)[C@@H](C)Sc2ccccc2)c1C. The van der Waals surface area contributed by atoms with Crippen LogP contribution in [0.1, 0.15) is 46.0 Å². The molecule has 7 heteroatoms. The van der Waals surface area contributed by atoms with E-state index in [1.165, 1.54) is 25.8 Å². The van der Waals surface area contributed by atoms with Gasteiger partial charge in [0.1, 0.15) is 5.25 Å². The number of methoxy groups -OCH3 is 1.